The van der Waals surface area contributed by atoms with E-state index in [1.54, 1.807) is 24.0 Å². The summed E-state index contributed by atoms with van der Waals surface area (Å²) in [6.45, 7) is 1.98. The fraction of sp³-hybridized carbons (Fsp3) is 0.375. The second kappa shape index (κ2) is 3.72. The molecule has 60 valence electrons. The van der Waals surface area contributed by atoms with Gasteiger partial charge >= 0.3 is 0 Å². The molecule has 1 atom stereocenters. The second-order valence-corrected chi connectivity index (χ2v) is 3.45. The summed E-state index contributed by atoms with van der Waals surface area (Å²) in [6, 6.07) is 1.72. The summed E-state index contributed by atoms with van der Waals surface area (Å²) >= 11 is 1.62. The number of hydrogen-bond donors (Lipinski definition) is 0. The van der Waals surface area contributed by atoms with Crippen LogP contribution in [0.1, 0.15) is 17.7 Å². The third kappa shape index (κ3) is 1.93. The fourth-order valence-electron chi connectivity index (χ4n) is 0.843. The zero-order valence-corrected chi connectivity index (χ0v) is 7.36. The number of aromatic nitrogens is 1. The normalized spacial score (nSPS) is 13.0. The standard InChI is InChI=1S/C8H10FNS/c1-6(11-2)7-3-4-10-5-8(7)9/h3-6H,1-2H3. The van der Waals surface area contributed by atoms with Crippen molar-refractivity contribution in [2.75, 3.05) is 6.26 Å². The van der Waals surface area contributed by atoms with Gasteiger partial charge in [0.05, 0.1) is 6.20 Å². The van der Waals surface area contributed by atoms with Crippen molar-refractivity contribution in [3.05, 3.63) is 29.8 Å². The Balaban J connectivity index is 2.93. The molecule has 0 aliphatic heterocycles. The summed E-state index contributed by atoms with van der Waals surface area (Å²) < 4.78 is 13.0. The minimum Gasteiger partial charge on any atom is -0.262 e. The number of pyridine rings is 1. The van der Waals surface area contributed by atoms with Gasteiger partial charge in [-0.05, 0) is 19.2 Å². The molecule has 1 nitrogen and oxygen atoms in total. The van der Waals surface area contributed by atoms with Gasteiger partial charge < -0.3 is 0 Å². The first kappa shape index (κ1) is 8.53. The van der Waals surface area contributed by atoms with Gasteiger partial charge in [-0.25, -0.2) is 4.39 Å². The smallest absolute Gasteiger partial charge is 0.145 e. The van der Waals surface area contributed by atoms with Crippen LogP contribution in [0.3, 0.4) is 0 Å². The van der Waals surface area contributed by atoms with E-state index in [4.69, 9.17) is 0 Å². The Morgan fingerprint density at radius 2 is 2.36 bits per heavy atom. The van der Waals surface area contributed by atoms with Crippen molar-refractivity contribution in [2.45, 2.75) is 12.2 Å². The Bertz CT molecular complexity index is 239. The molecule has 1 heterocycles. The maximum absolute atomic E-state index is 13.0. The summed E-state index contributed by atoms with van der Waals surface area (Å²) in [5, 5.41) is 0.206. The van der Waals surface area contributed by atoms with Gasteiger partial charge in [-0.1, -0.05) is 0 Å². The number of halogens is 1. The van der Waals surface area contributed by atoms with Gasteiger partial charge in [-0.3, -0.25) is 4.98 Å². The van der Waals surface area contributed by atoms with E-state index in [1.807, 2.05) is 13.2 Å². The largest absolute Gasteiger partial charge is 0.262 e. The molecule has 0 N–H and O–H groups in total. The lowest BCUT2D eigenvalue weighted by Crippen LogP contribution is -1.92. The van der Waals surface area contributed by atoms with Crippen LogP contribution in [0.25, 0.3) is 0 Å². The van der Waals surface area contributed by atoms with Crippen LogP contribution in [-0.2, 0) is 0 Å². The van der Waals surface area contributed by atoms with Crippen molar-refractivity contribution >= 4 is 11.8 Å². The minimum absolute atomic E-state index is 0.206. The zero-order valence-electron chi connectivity index (χ0n) is 6.54. The van der Waals surface area contributed by atoms with Crippen LogP contribution in [0.2, 0.25) is 0 Å². The maximum atomic E-state index is 13.0. The van der Waals surface area contributed by atoms with E-state index in [-0.39, 0.29) is 11.1 Å². The van der Waals surface area contributed by atoms with Crippen molar-refractivity contribution in [1.82, 2.24) is 4.98 Å². The van der Waals surface area contributed by atoms with Crippen molar-refractivity contribution in [2.24, 2.45) is 0 Å². The molecule has 0 spiro atoms. The second-order valence-electron chi connectivity index (χ2n) is 2.28. The van der Waals surface area contributed by atoms with Gasteiger partial charge in [0.25, 0.3) is 0 Å². The summed E-state index contributed by atoms with van der Waals surface area (Å²) in [6.07, 6.45) is 4.83. The molecule has 0 saturated carbocycles. The third-order valence-corrected chi connectivity index (χ3v) is 2.56. The first-order chi connectivity index (χ1) is 5.25. The van der Waals surface area contributed by atoms with Crippen LogP contribution in [0.4, 0.5) is 4.39 Å². The van der Waals surface area contributed by atoms with Gasteiger partial charge in [-0.15, -0.1) is 0 Å². The molecule has 11 heavy (non-hydrogen) atoms. The molecular weight excluding hydrogens is 161 g/mol. The zero-order chi connectivity index (χ0) is 8.27. The van der Waals surface area contributed by atoms with Crippen molar-refractivity contribution in [3.63, 3.8) is 0 Å². The Hall–Kier alpha value is -0.570. The molecule has 0 aliphatic rings. The highest BCUT2D eigenvalue weighted by molar-refractivity contribution is 7.98. The molecule has 0 radical (unpaired) electrons. The predicted molar refractivity (Wildman–Crippen MR) is 46.1 cm³/mol. The van der Waals surface area contributed by atoms with Gasteiger partial charge in [0.15, 0.2) is 0 Å². The highest BCUT2D eigenvalue weighted by Crippen LogP contribution is 2.26. The SMILES string of the molecule is CSC(C)c1ccncc1F. The van der Waals surface area contributed by atoms with Crippen LogP contribution in [0.15, 0.2) is 18.5 Å². The molecule has 1 aromatic rings. The van der Waals surface area contributed by atoms with Crippen LogP contribution in [0.5, 0.6) is 0 Å². The van der Waals surface area contributed by atoms with E-state index in [0.717, 1.165) is 5.56 Å². The molecule has 0 aliphatic carbocycles. The van der Waals surface area contributed by atoms with Crippen molar-refractivity contribution < 1.29 is 4.39 Å². The summed E-state index contributed by atoms with van der Waals surface area (Å²) in [5.74, 6) is -0.214. The molecule has 0 bridgehead atoms. The number of nitrogens with zero attached hydrogens (tertiary/aromatic N) is 1. The van der Waals surface area contributed by atoms with Gasteiger partial charge in [-0.2, -0.15) is 11.8 Å². The predicted octanol–water partition coefficient (Wildman–Crippen LogP) is 2.64. The highest BCUT2D eigenvalue weighted by atomic mass is 32.2. The van der Waals surface area contributed by atoms with Gasteiger partial charge in [0.1, 0.15) is 5.82 Å². The van der Waals surface area contributed by atoms with E-state index in [0.29, 0.717) is 0 Å². The topological polar surface area (TPSA) is 12.9 Å². The molecule has 0 amide bonds. The van der Waals surface area contributed by atoms with Crippen molar-refractivity contribution in [1.29, 1.82) is 0 Å². The third-order valence-electron chi connectivity index (χ3n) is 1.60. The monoisotopic (exact) mass is 171 g/mol. The fourth-order valence-corrected chi connectivity index (χ4v) is 1.29. The summed E-state index contributed by atoms with van der Waals surface area (Å²) in [5.41, 5.74) is 0.729. The van der Waals surface area contributed by atoms with Crippen molar-refractivity contribution in [3.8, 4) is 0 Å². The Kier molecular flexibility index (Phi) is 2.88. The number of thioether (sulfide) groups is 1. The average Bonchev–Trinajstić information content (AvgIpc) is 2.04. The quantitative estimate of drug-likeness (QED) is 0.678. The molecule has 1 rings (SSSR count). The van der Waals surface area contributed by atoms with Crippen LogP contribution < -0.4 is 0 Å². The molecule has 0 aromatic carbocycles. The lowest BCUT2D eigenvalue weighted by molar-refractivity contribution is 0.604. The molecule has 1 aromatic heterocycles. The van der Waals surface area contributed by atoms with E-state index in [2.05, 4.69) is 4.98 Å². The molecular formula is C8H10FNS. The van der Waals surface area contributed by atoms with Crippen LogP contribution in [-0.4, -0.2) is 11.2 Å². The molecule has 0 saturated heterocycles. The summed E-state index contributed by atoms with van der Waals surface area (Å²) in [4.78, 5) is 3.68. The highest BCUT2D eigenvalue weighted by Gasteiger charge is 2.07. The lowest BCUT2D eigenvalue weighted by atomic mass is 10.2. The summed E-state index contributed by atoms with van der Waals surface area (Å²) in [7, 11) is 0. The maximum Gasteiger partial charge on any atom is 0.145 e. The Morgan fingerprint density at radius 1 is 1.64 bits per heavy atom. The van der Waals surface area contributed by atoms with Crippen LogP contribution in [0, 0.1) is 5.82 Å². The van der Waals surface area contributed by atoms with Gasteiger partial charge in [0, 0.05) is 17.0 Å². The van der Waals surface area contributed by atoms with Gasteiger partial charge in [0.2, 0.25) is 0 Å². The van der Waals surface area contributed by atoms with E-state index >= 15 is 0 Å². The number of rotatable bonds is 2. The van der Waals surface area contributed by atoms with E-state index in [1.165, 1.54) is 6.20 Å². The lowest BCUT2D eigenvalue weighted by Gasteiger charge is -2.07. The molecule has 0 fully saturated rings. The van der Waals surface area contributed by atoms with E-state index < -0.39 is 0 Å². The Labute approximate surface area is 70.0 Å². The van der Waals surface area contributed by atoms with Crippen LogP contribution >= 0.6 is 11.8 Å². The molecule has 3 heteroatoms. The average molecular weight is 171 g/mol. The Morgan fingerprint density at radius 3 is 2.91 bits per heavy atom. The first-order valence-electron chi connectivity index (χ1n) is 3.38. The van der Waals surface area contributed by atoms with E-state index in [9.17, 15) is 4.39 Å². The molecule has 1 unspecified atom stereocenters. The number of hydrogen-bond acceptors (Lipinski definition) is 2. The minimum atomic E-state index is -0.214. The first-order valence-corrected chi connectivity index (χ1v) is 4.66.